The van der Waals surface area contributed by atoms with Crippen molar-refractivity contribution in [1.82, 2.24) is 15.0 Å². The smallest absolute Gasteiger partial charge is 0.226 e. The molecule has 2 aliphatic heterocycles. The lowest BCUT2D eigenvalue weighted by Crippen LogP contribution is -2.48. The van der Waals surface area contributed by atoms with Gasteiger partial charge in [0, 0.05) is 67.3 Å². The van der Waals surface area contributed by atoms with Crippen molar-refractivity contribution >= 4 is 29.0 Å². The highest BCUT2D eigenvalue weighted by molar-refractivity contribution is 5.75. The van der Waals surface area contributed by atoms with E-state index in [0.717, 1.165) is 48.2 Å². The van der Waals surface area contributed by atoms with Gasteiger partial charge in [-0.05, 0) is 55.0 Å². The van der Waals surface area contributed by atoms with Crippen LogP contribution in [0.5, 0.6) is 5.88 Å². The fourth-order valence-corrected chi connectivity index (χ4v) is 6.42. The number of piperidine rings is 1. The number of aromatic nitrogens is 3. The summed E-state index contributed by atoms with van der Waals surface area (Å²) in [6.45, 7) is 7.10. The average molecular weight is 504 g/mol. The predicted octanol–water partition coefficient (Wildman–Crippen LogP) is 4.82. The zero-order valence-electron chi connectivity index (χ0n) is 21.8. The molecule has 0 amide bonds. The molecule has 2 N–H and O–H groups in total. The van der Waals surface area contributed by atoms with Gasteiger partial charge in [0.2, 0.25) is 11.8 Å². The highest BCUT2D eigenvalue weighted by Gasteiger charge is 2.44. The van der Waals surface area contributed by atoms with Gasteiger partial charge in [0.05, 0.1) is 7.11 Å². The molecule has 0 radical (unpaired) electrons. The molecular weight excluding hydrogens is 469 g/mol. The molecule has 194 valence electrons. The van der Waals surface area contributed by atoms with Gasteiger partial charge in [0.25, 0.3) is 0 Å². The fraction of sp³-hybridized carbons (Fsp3) is 0.464. The van der Waals surface area contributed by atoms with E-state index in [1.54, 1.807) is 7.11 Å². The lowest BCUT2D eigenvalue weighted by atomic mass is 9.88. The molecule has 2 fully saturated rings. The number of ether oxygens (including phenoxy) is 1. The summed E-state index contributed by atoms with van der Waals surface area (Å²) in [7, 11) is 3.56. The van der Waals surface area contributed by atoms with E-state index in [-0.39, 0.29) is 11.2 Å². The normalized spacial score (nSPS) is 23.6. The minimum absolute atomic E-state index is 0.156. The number of fused-ring (bicyclic) bond motifs is 3. The van der Waals surface area contributed by atoms with E-state index < -0.39 is 0 Å². The standard InChI is InChI=1S/C28H34FN7O/c1-28(2)16-36(20-9-7-19(29)8-10-20)26-23(28)25(30-3)33-27(34-26)32-24-17-5-6-18(24)15-35(14-17)21-11-12-31-22(13-21)37-4/h7-13,17-18,24H,5-6,14-16H2,1-4H3,(H2,30,32,33,34)/t17-,18+,24+. The monoisotopic (exact) mass is 503 g/mol. The van der Waals surface area contributed by atoms with Crippen molar-refractivity contribution in [3.8, 4) is 5.88 Å². The Kier molecular flexibility index (Phi) is 5.81. The molecule has 4 heterocycles. The van der Waals surface area contributed by atoms with E-state index in [0.29, 0.717) is 29.7 Å². The molecule has 3 aliphatic rings. The molecule has 8 nitrogen and oxygen atoms in total. The van der Waals surface area contributed by atoms with Crippen LogP contribution < -0.4 is 25.2 Å². The second kappa shape index (κ2) is 9.04. The van der Waals surface area contributed by atoms with E-state index in [1.807, 2.05) is 31.4 Å². The number of halogens is 1. The Morgan fingerprint density at radius 2 is 1.76 bits per heavy atom. The number of methoxy groups -OCH3 is 1. The summed E-state index contributed by atoms with van der Waals surface area (Å²) in [4.78, 5) is 18.9. The van der Waals surface area contributed by atoms with Crippen molar-refractivity contribution in [2.75, 3.05) is 54.2 Å². The summed E-state index contributed by atoms with van der Waals surface area (Å²) >= 11 is 0. The Morgan fingerprint density at radius 3 is 2.43 bits per heavy atom. The number of nitrogens with one attached hydrogen (secondary N) is 2. The number of hydrogen-bond acceptors (Lipinski definition) is 8. The van der Waals surface area contributed by atoms with Crippen LogP contribution in [0.4, 0.5) is 33.3 Å². The Hall–Kier alpha value is -3.62. The Bertz CT molecular complexity index is 1280. The highest BCUT2D eigenvalue weighted by atomic mass is 19.1. The molecule has 0 unspecified atom stereocenters. The Balaban J connectivity index is 1.28. The van der Waals surface area contributed by atoms with Gasteiger partial charge in [-0.15, -0.1) is 0 Å². The molecule has 3 aromatic rings. The third-order valence-electron chi connectivity index (χ3n) is 8.17. The second-order valence-electron chi connectivity index (χ2n) is 11.0. The first kappa shape index (κ1) is 23.8. The average Bonchev–Trinajstić information content (AvgIpc) is 3.29. The van der Waals surface area contributed by atoms with Crippen LogP contribution in [0.25, 0.3) is 0 Å². The molecule has 2 aromatic heterocycles. The van der Waals surface area contributed by atoms with Crippen LogP contribution >= 0.6 is 0 Å². The molecule has 2 bridgehead atoms. The van der Waals surface area contributed by atoms with Crippen LogP contribution in [0.2, 0.25) is 0 Å². The van der Waals surface area contributed by atoms with Gasteiger partial charge in [0.15, 0.2) is 0 Å². The summed E-state index contributed by atoms with van der Waals surface area (Å²) in [6, 6.07) is 11.0. The largest absolute Gasteiger partial charge is 0.481 e. The lowest BCUT2D eigenvalue weighted by molar-refractivity contribution is 0.374. The first-order valence-electron chi connectivity index (χ1n) is 13.0. The van der Waals surface area contributed by atoms with Gasteiger partial charge in [-0.25, -0.2) is 9.37 Å². The minimum atomic E-state index is -0.240. The first-order valence-corrected chi connectivity index (χ1v) is 13.0. The summed E-state index contributed by atoms with van der Waals surface area (Å²) in [5.74, 6) is 3.77. The third kappa shape index (κ3) is 4.20. The molecule has 0 spiro atoms. The van der Waals surface area contributed by atoms with E-state index in [4.69, 9.17) is 14.7 Å². The second-order valence-corrected chi connectivity index (χ2v) is 11.0. The minimum Gasteiger partial charge on any atom is -0.481 e. The summed E-state index contributed by atoms with van der Waals surface area (Å²) < 4.78 is 19.0. The Morgan fingerprint density at radius 1 is 1.03 bits per heavy atom. The van der Waals surface area contributed by atoms with Gasteiger partial charge in [-0.3, -0.25) is 0 Å². The number of rotatable bonds is 6. The summed E-state index contributed by atoms with van der Waals surface area (Å²) in [5.41, 5.74) is 3.03. The molecule has 1 saturated heterocycles. The van der Waals surface area contributed by atoms with Gasteiger partial charge in [-0.1, -0.05) is 13.8 Å². The maximum Gasteiger partial charge on any atom is 0.226 e. The predicted molar refractivity (Wildman–Crippen MR) is 145 cm³/mol. The summed E-state index contributed by atoms with van der Waals surface area (Å²) in [6.07, 6.45) is 4.17. The van der Waals surface area contributed by atoms with Gasteiger partial charge >= 0.3 is 0 Å². The highest BCUT2D eigenvalue weighted by Crippen LogP contribution is 2.47. The van der Waals surface area contributed by atoms with Gasteiger partial charge in [-0.2, -0.15) is 9.97 Å². The van der Waals surface area contributed by atoms with Crippen molar-refractivity contribution in [3.05, 3.63) is 54.0 Å². The van der Waals surface area contributed by atoms with E-state index in [9.17, 15) is 4.39 Å². The number of nitrogens with zero attached hydrogens (tertiary/aromatic N) is 5. The quantitative estimate of drug-likeness (QED) is 0.496. The zero-order chi connectivity index (χ0) is 25.7. The van der Waals surface area contributed by atoms with Gasteiger partial charge in [0.1, 0.15) is 17.5 Å². The molecule has 1 aliphatic carbocycles. The number of hydrogen-bond donors (Lipinski definition) is 2. The van der Waals surface area contributed by atoms with Crippen molar-refractivity contribution < 1.29 is 9.13 Å². The van der Waals surface area contributed by atoms with E-state index in [1.165, 1.54) is 25.0 Å². The maximum atomic E-state index is 13.6. The fourth-order valence-electron chi connectivity index (χ4n) is 6.42. The molecular formula is C28H34FN7O. The van der Waals surface area contributed by atoms with Crippen LogP contribution in [-0.4, -0.2) is 54.8 Å². The SMILES string of the molecule is CNc1nc(N[C@H]2[C@@H]3CC[C@H]2CN(c2ccnc(OC)c2)C3)nc2c1C(C)(C)CN2c1ccc(F)cc1. The van der Waals surface area contributed by atoms with Gasteiger partial charge < -0.3 is 25.2 Å². The van der Waals surface area contributed by atoms with Crippen LogP contribution in [0.15, 0.2) is 42.6 Å². The number of benzene rings is 1. The maximum absolute atomic E-state index is 13.6. The molecule has 3 atom stereocenters. The van der Waals surface area contributed by atoms with Crippen molar-refractivity contribution in [2.24, 2.45) is 11.8 Å². The van der Waals surface area contributed by atoms with E-state index in [2.05, 4.69) is 45.3 Å². The van der Waals surface area contributed by atoms with Crippen molar-refractivity contribution in [1.29, 1.82) is 0 Å². The Labute approximate surface area is 217 Å². The molecule has 9 heteroatoms. The van der Waals surface area contributed by atoms with Crippen LogP contribution in [0, 0.1) is 17.7 Å². The van der Waals surface area contributed by atoms with Crippen LogP contribution in [-0.2, 0) is 5.41 Å². The zero-order valence-corrected chi connectivity index (χ0v) is 21.8. The summed E-state index contributed by atoms with van der Waals surface area (Å²) in [5, 5.41) is 7.05. The molecule has 1 aromatic carbocycles. The molecule has 37 heavy (non-hydrogen) atoms. The molecule has 1 saturated carbocycles. The van der Waals surface area contributed by atoms with E-state index >= 15 is 0 Å². The van der Waals surface area contributed by atoms with Crippen LogP contribution in [0.1, 0.15) is 32.3 Å². The lowest BCUT2D eigenvalue weighted by Gasteiger charge is -2.39. The molecule has 6 rings (SSSR count). The first-order chi connectivity index (χ1) is 17.9. The van der Waals surface area contributed by atoms with Crippen molar-refractivity contribution in [3.63, 3.8) is 0 Å². The van der Waals surface area contributed by atoms with Crippen molar-refractivity contribution in [2.45, 2.75) is 38.1 Å². The number of pyridine rings is 1. The van der Waals surface area contributed by atoms with Crippen LogP contribution in [0.3, 0.4) is 0 Å². The number of anilines is 5. The topological polar surface area (TPSA) is 78.4 Å². The third-order valence-corrected chi connectivity index (χ3v) is 8.17.